The van der Waals surface area contributed by atoms with Crippen LogP contribution in [0.25, 0.3) is 22.0 Å². The van der Waals surface area contributed by atoms with Gasteiger partial charge in [-0.2, -0.15) is 0 Å². The first-order valence-corrected chi connectivity index (χ1v) is 7.17. The molecule has 3 heteroatoms. The lowest BCUT2D eigenvalue weighted by molar-refractivity contribution is 0.551. The third kappa shape index (κ3) is 2.27. The molecule has 0 bridgehead atoms. The molecular weight excluding hydrogens is 252 g/mol. The molecule has 0 aliphatic carbocycles. The third-order valence-corrected chi connectivity index (χ3v) is 4.30. The average molecular weight is 268 g/mol. The van der Waals surface area contributed by atoms with Crippen molar-refractivity contribution in [2.24, 2.45) is 5.73 Å². The molecule has 0 amide bonds. The molecule has 2 aromatic carbocycles. The second-order valence-electron chi connectivity index (χ2n) is 5.29. The monoisotopic (exact) mass is 268 g/mol. The van der Waals surface area contributed by atoms with E-state index in [4.69, 9.17) is 10.7 Å². The second kappa shape index (κ2) is 4.44. The number of fused-ring (bicyclic) bond motifs is 1. The van der Waals surface area contributed by atoms with E-state index < -0.39 is 0 Å². The quantitative estimate of drug-likeness (QED) is 0.758. The lowest BCUT2D eigenvalue weighted by Crippen LogP contribution is -2.28. The number of hydrogen-bond donors (Lipinski definition) is 1. The van der Waals surface area contributed by atoms with Crippen LogP contribution < -0.4 is 5.73 Å². The molecular formula is C16H16N2S. The molecule has 0 spiro atoms. The number of aromatic nitrogens is 1. The third-order valence-electron chi connectivity index (χ3n) is 3.12. The molecule has 2 nitrogen and oxygen atoms in total. The maximum absolute atomic E-state index is 6.11. The average Bonchev–Trinajstić information content (AvgIpc) is 2.87. The zero-order valence-corrected chi connectivity index (χ0v) is 11.9. The molecule has 0 aliphatic rings. The summed E-state index contributed by atoms with van der Waals surface area (Å²) in [5.74, 6) is 0. The smallest absolute Gasteiger partial charge is 0.113 e. The Balaban J connectivity index is 2.17. The van der Waals surface area contributed by atoms with Gasteiger partial charge in [0.05, 0.1) is 11.2 Å². The number of hydrogen-bond acceptors (Lipinski definition) is 3. The Morgan fingerprint density at radius 1 is 1.05 bits per heavy atom. The Morgan fingerprint density at radius 3 is 2.53 bits per heavy atom. The van der Waals surface area contributed by atoms with Crippen LogP contribution in [0.15, 0.2) is 47.8 Å². The summed E-state index contributed by atoms with van der Waals surface area (Å²) in [5.41, 5.74) is 7.91. The standard InChI is InChI=1S/C16H16N2S/c1-16(2,17)15-18-14(10-19-15)13-9-5-7-11-6-3-4-8-12(11)13/h3-10H,17H2,1-2H3. The van der Waals surface area contributed by atoms with Gasteiger partial charge in [-0.15, -0.1) is 11.3 Å². The Morgan fingerprint density at radius 2 is 1.79 bits per heavy atom. The summed E-state index contributed by atoms with van der Waals surface area (Å²) >= 11 is 1.62. The largest absolute Gasteiger partial charge is 0.320 e. The van der Waals surface area contributed by atoms with Crippen molar-refractivity contribution < 1.29 is 0 Å². The van der Waals surface area contributed by atoms with Crippen molar-refractivity contribution in [3.05, 3.63) is 52.9 Å². The van der Waals surface area contributed by atoms with Crippen LogP contribution in [0.5, 0.6) is 0 Å². The molecule has 0 aliphatic heterocycles. The number of benzene rings is 2. The molecule has 2 N–H and O–H groups in total. The molecule has 0 atom stereocenters. The van der Waals surface area contributed by atoms with Gasteiger partial charge in [-0.1, -0.05) is 42.5 Å². The van der Waals surface area contributed by atoms with Crippen molar-refractivity contribution >= 4 is 22.1 Å². The Hall–Kier alpha value is -1.71. The van der Waals surface area contributed by atoms with Crippen molar-refractivity contribution in [1.29, 1.82) is 0 Å². The van der Waals surface area contributed by atoms with Crippen LogP contribution in [0.2, 0.25) is 0 Å². The van der Waals surface area contributed by atoms with E-state index in [0.29, 0.717) is 0 Å². The summed E-state index contributed by atoms with van der Waals surface area (Å²) in [4.78, 5) is 4.70. The van der Waals surface area contributed by atoms with E-state index in [1.54, 1.807) is 11.3 Å². The van der Waals surface area contributed by atoms with Crippen molar-refractivity contribution in [2.75, 3.05) is 0 Å². The van der Waals surface area contributed by atoms with Crippen LogP contribution >= 0.6 is 11.3 Å². The van der Waals surface area contributed by atoms with Crippen LogP contribution in [-0.4, -0.2) is 4.98 Å². The minimum absolute atomic E-state index is 0.381. The first-order valence-electron chi connectivity index (χ1n) is 6.29. The van der Waals surface area contributed by atoms with Crippen LogP contribution in [0.3, 0.4) is 0 Å². The van der Waals surface area contributed by atoms with E-state index >= 15 is 0 Å². The van der Waals surface area contributed by atoms with Crippen molar-refractivity contribution in [3.63, 3.8) is 0 Å². The van der Waals surface area contributed by atoms with Gasteiger partial charge in [0.15, 0.2) is 0 Å². The maximum atomic E-state index is 6.11. The van der Waals surface area contributed by atoms with Crippen molar-refractivity contribution in [1.82, 2.24) is 4.98 Å². The fourth-order valence-electron chi connectivity index (χ4n) is 2.14. The number of thiazole rings is 1. The van der Waals surface area contributed by atoms with Crippen molar-refractivity contribution in [3.8, 4) is 11.3 Å². The Kier molecular flexibility index (Phi) is 2.88. The topological polar surface area (TPSA) is 38.9 Å². The molecule has 3 aromatic rings. The van der Waals surface area contributed by atoms with Gasteiger partial charge in [0.25, 0.3) is 0 Å². The first-order chi connectivity index (χ1) is 9.05. The summed E-state index contributed by atoms with van der Waals surface area (Å²) in [7, 11) is 0. The molecule has 0 radical (unpaired) electrons. The molecule has 3 rings (SSSR count). The molecule has 0 fully saturated rings. The van der Waals surface area contributed by atoms with Crippen LogP contribution in [0.1, 0.15) is 18.9 Å². The van der Waals surface area contributed by atoms with Crippen molar-refractivity contribution in [2.45, 2.75) is 19.4 Å². The molecule has 0 unspecified atom stereocenters. The highest BCUT2D eigenvalue weighted by Crippen LogP contribution is 2.31. The predicted octanol–water partition coefficient (Wildman–Crippen LogP) is 4.16. The Bertz CT molecular complexity index is 717. The van der Waals surface area contributed by atoms with E-state index in [0.717, 1.165) is 10.7 Å². The van der Waals surface area contributed by atoms with Crippen LogP contribution in [0.4, 0.5) is 0 Å². The fraction of sp³-hybridized carbons (Fsp3) is 0.188. The van der Waals surface area contributed by atoms with E-state index in [2.05, 4.69) is 47.8 Å². The normalized spacial score (nSPS) is 11.9. The summed E-state index contributed by atoms with van der Waals surface area (Å²) in [5, 5.41) is 5.53. The lowest BCUT2D eigenvalue weighted by atomic mass is 10.0. The maximum Gasteiger partial charge on any atom is 0.113 e. The number of rotatable bonds is 2. The lowest BCUT2D eigenvalue weighted by Gasteiger charge is -2.14. The zero-order valence-electron chi connectivity index (χ0n) is 11.1. The summed E-state index contributed by atoms with van der Waals surface area (Å²) in [6.45, 7) is 3.97. The van der Waals surface area contributed by atoms with Gasteiger partial charge < -0.3 is 5.73 Å². The summed E-state index contributed by atoms with van der Waals surface area (Å²) < 4.78 is 0. The number of nitrogens with two attached hydrogens (primary N) is 1. The number of nitrogens with zero attached hydrogens (tertiary/aromatic N) is 1. The molecule has 0 saturated heterocycles. The van der Waals surface area contributed by atoms with Gasteiger partial charge in [0, 0.05) is 10.9 Å². The molecule has 96 valence electrons. The summed E-state index contributed by atoms with van der Waals surface area (Å²) in [6, 6.07) is 14.7. The first kappa shape index (κ1) is 12.3. The highest BCUT2D eigenvalue weighted by Gasteiger charge is 2.19. The molecule has 1 aromatic heterocycles. The van der Waals surface area contributed by atoms with E-state index in [1.165, 1.54) is 16.3 Å². The van der Waals surface area contributed by atoms with E-state index in [-0.39, 0.29) is 5.54 Å². The second-order valence-corrected chi connectivity index (χ2v) is 6.14. The Labute approximate surface area is 116 Å². The zero-order chi connectivity index (χ0) is 13.5. The van der Waals surface area contributed by atoms with E-state index in [9.17, 15) is 0 Å². The van der Waals surface area contributed by atoms with Gasteiger partial charge in [0.2, 0.25) is 0 Å². The van der Waals surface area contributed by atoms with Crippen LogP contribution in [-0.2, 0) is 5.54 Å². The highest BCUT2D eigenvalue weighted by atomic mass is 32.1. The van der Waals surface area contributed by atoms with Crippen LogP contribution in [0, 0.1) is 0 Å². The molecule has 19 heavy (non-hydrogen) atoms. The van der Waals surface area contributed by atoms with Gasteiger partial charge >= 0.3 is 0 Å². The van der Waals surface area contributed by atoms with Gasteiger partial charge in [0.1, 0.15) is 5.01 Å². The highest BCUT2D eigenvalue weighted by molar-refractivity contribution is 7.10. The SMILES string of the molecule is CC(C)(N)c1nc(-c2cccc3ccccc23)cs1. The predicted molar refractivity (Wildman–Crippen MR) is 82.3 cm³/mol. The molecule has 1 heterocycles. The minimum Gasteiger partial charge on any atom is -0.320 e. The minimum atomic E-state index is -0.381. The summed E-state index contributed by atoms with van der Waals surface area (Å²) in [6.07, 6.45) is 0. The fourth-order valence-corrected chi connectivity index (χ4v) is 3.00. The van der Waals surface area contributed by atoms with Gasteiger partial charge in [-0.3, -0.25) is 0 Å². The van der Waals surface area contributed by atoms with Gasteiger partial charge in [-0.25, -0.2) is 4.98 Å². The van der Waals surface area contributed by atoms with Gasteiger partial charge in [-0.05, 0) is 24.6 Å². The van der Waals surface area contributed by atoms with E-state index in [1.807, 2.05) is 13.8 Å². The molecule has 0 saturated carbocycles.